The van der Waals surface area contributed by atoms with Gasteiger partial charge in [0.05, 0.1) is 21.7 Å². The van der Waals surface area contributed by atoms with Crippen LogP contribution in [0, 0.1) is 0 Å². The molecular weight excluding hydrogens is 424 g/mol. The summed E-state index contributed by atoms with van der Waals surface area (Å²) in [7, 11) is -7.13. The molecule has 7 nitrogen and oxygen atoms in total. The molecule has 1 fully saturated rings. The molecule has 158 valence electrons. The largest absolute Gasteiger partial charge is 0.361 e. The van der Waals surface area contributed by atoms with E-state index in [4.69, 9.17) is 0 Å². The first-order valence-corrected chi connectivity index (χ1v) is 13.0. The van der Waals surface area contributed by atoms with Gasteiger partial charge >= 0.3 is 0 Å². The number of hydrogen-bond acceptors (Lipinski definition) is 5. The Kier molecular flexibility index (Phi) is 5.42. The molecular formula is C21H22N2O5S2. The summed E-state index contributed by atoms with van der Waals surface area (Å²) >= 11 is 0. The van der Waals surface area contributed by atoms with Crippen molar-refractivity contribution in [1.82, 2.24) is 10.3 Å². The smallest absolute Gasteiger partial charge is 0.251 e. The Morgan fingerprint density at radius 1 is 1.13 bits per heavy atom. The van der Waals surface area contributed by atoms with Crippen LogP contribution in [0.15, 0.2) is 59.6 Å². The monoisotopic (exact) mass is 446 g/mol. The molecule has 0 bridgehead atoms. The average molecular weight is 447 g/mol. The number of nitrogens with one attached hydrogen (secondary N) is 2. The summed E-state index contributed by atoms with van der Waals surface area (Å²) in [6, 6.07) is 13.7. The van der Waals surface area contributed by atoms with Crippen molar-refractivity contribution in [2.24, 2.45) is 0 Å². The number of aromatic nitrogens is 1. The highest BCUT2D eigenvalue weighted by Gasteiger charge is 2.38. The standard InChI is InChI=1S/C21H22N2O5S2/c24-21(22-10-8-16-13-23-20-7-2-1-6-19(16)20)15-4-3-5-17(12-15)30(27,28)18-9-11-29(25,26)14-18/h1-7,12-13,18,23H,8-11,14H2,(H,22,24). The molecule has 9 heteroatoms. The van der Waals surface area contributed by atoms with Crippen LogP contribution < -0.4 is 5.32 Å². The molecule has 1 aliphatic heterocycles. The van der Waals surface area contributed by atoms with E-state index in [0.29, 0.717) is 13.0 Å². The van der Waals surface area contributed by atoms with Crippen LogP contribution in [-0.4, -0.2) is 51.0 Å². The molecule has 1 aromatic heterocycles. The lowest BCUT2D eigenvalue weighted by Gasteiger charge is -2.11. The van der Waals surface area contributed by atoms with E-state index in [0.717, 1.165) is 16.5 Å². The number of hydrogen-bond donors (Lipinski definition) is 2. The van der Waals surface area contributed by atoms with Crippen molar-refractivity contribution in [3.05, 3.63) is 65.9 Å². The summed E-state index contributed by atoms with van der Waals surface area (Å²) in [5, 5.41) is 2.97. The maximum absolute atomic E-state index is 12.8. The minimum Gasteiger partial charge on any atom is -0.361 e. The number of amides is 1. The number of aromatic amines is 1. The van der Waals surface area contributed by atoms with Gasteiger partial charge < -0.3 is 10.3 Å². The Hall–Kier alpha value is -2.65. The number of fused-ring (bicyclic) bond motifs is 1. The normalized spacial score (nSPS) is 18.5. The van der Waals surface area contributed by atoms with Gasteiger partial charge in [-0.05, 0) is 42.7 Å². The van der Waals surface area contributed by atoms with Gasteiger partial charge in [-0.2, -0.15) is 0 Å². The summed E-state index contributed by atoms with van der Waals surface area (Å²) in [5.41, 5.74) is 2.35. The van der Waals surface area contributed by atoms with Gasteiger partial charge in [0.2, 0.25) is 0 Å². The van der Waals surface area contributed by atoms with Crippen molar-refractivity contribution in [3.8, 4) is 0 Å². The van der Waals surface area contributed by atoms with Gasteiger partial charge in [-0.25, -0.2) is 16.8 Å². The molecule has 2 heterocycles. The average Bonchev–Trinajstić information content (AvgIpc) is 3.31. The third-order valence-electron chi connectivity index (χ3n) is 5.41. The van der Waals surface area contributed by atoms with E-state index in [1.54, 1.807) is 6.07 Å². The lowest BCUT2D eigenvalue weighted by atomic mass is 10.1. The van der Waals surface area contributed by atoms with E-state index in [9.17, 15) is 21.6 Å². The highest BCUT2D eigenvalue weighted by atomic mass is 32.2. The van der Waals surface area contributed by atoms with E-state index in [-0.39, 0.29) is 34.3 Å². The fourth-order valence-corrected chi connectivity index (χ4v) is 8.17. The summed E-state index contributed by atoms with van der Waals surface area (Å²) in [6.07, 6.45) is 2.64. The number of para-hydroxylation sites is 1. The Labute approximate surface area is 175 Å². The first-order valence-electron chi connectivity index (χ1n) is 9.64. The Morgan fingerprint density at radius 3 is 2.70 bits per heavy atom. The summed E-state index contributed by atoms with van der Waals surface area (Å²) in [4.78, 5) is 15.7. The van der Waals surface area contributed by atoms with E-state index < -0.39 is 24.9 Å². The zero-order chi connectivity index (χ0) is 21.4. The maximum atomic E-state index is 12.8. The Balaban J connectivity index is 1.44. The Morgan fingerprint density at radius 2 is 1.93 bits per heavy atom. The number of H-pyrrole nitrogens is 1. The van der Waals surface area contributed by atoms with Crippen LogP contribution in [0.4, 0.5) is 0 Å². The molecule has 0 spiro atoms. The summed E-state index contributed by atoms with van der Waals surface area (Å²) in [6.45, 7) is 0.401. The van der Waals surface area contributed by atoms with Crippen molar-refractivity contribution in [3.63, 3.8) is 0 Å². The van der Waals surface area contributed by atoms with Gasteiger partial charge in [-0.15, -0.1) is 0 Å². The number of sulfone groups is 2. The van der Waals surface area contributed by atoms with Crippen LogP contribution in [0.3, 0.4) is 0 Å². The molecule has 1 aliphatic rings. The first-order chi connectivity index (χ1) is 14.3. The number of carbonyl (C=O) groups excluding carboxylic acids is 1. The van der Waals surface area contributed by atoms with Crippen LogP contribution in [0.1, 0.15) is 22.3 Å². The fraction of sp³-hybridized carbons (Fsp3) is 0.286. The maximum Gasteiger partial charge on any atom is 0.251 e. The third kappa shape index (κ3) is 4.13. The third-order valence-corrected chi connectivity index (χ3v) is 9.58. The molecule has 4 rings (SSSR count). The van der Waals surface area contributed by atoms with Gasteiger partial charge in [-0.1, -0.05) is 24.3 Å². The molecule has 30 heavy (non-hydrogen) atoms. The second-order valence-corrected chi connectivity index (χ2v) is 11.9. The van der Waals surface area contributed by atoms with E-state index >= 15 is 0 Å². The van der Waals surface area contributed by atoms with Crippen molar-refractivity contribution < 1.29 is 21.6 Å². The lowest BCUT2D eigenvalue weighted by Crippen LogP contribution is -2.26. The molecule has 3 aromatic rings. The molecule has 1 atom stereocenters. The molecule has 1 saturated heterocycles. The second kappa shape index (κ2) is 7.88. The highest BCUT2D eigenvalue weighted by Crippen LogP contribution is 2.26. The number of carbonyl (C=O) groups is 1. The van der Waals surface area contributed by atoms with Crippen molar-refractivity contribution in [1.29, 1.82) is 0 Å². The lowest BCUT2D eigenvalue weighted by molar-refractivity contribution is 0.0954. The fourth-order valence-electron chi connectivity index (χ4n) is 3.76. The van der Waals surface area contributed by atoms with Crippen LogP contribution in [-0.2, 0) is 26.1 Å². The zero-order valence-corrected chi connectivity index (χ0v) is 17.8. The highest BCUT2D eigenvalue weighted by molar-refractivity contribution is 7.96. The molecule has 2 aromatic carbocycles. The predicted octanol–water partition coefficient (Wildman–Crippen LogP) is 2.10. The topological polar surface area (TPSA) is 113 Å². The SMILES string of the molecule is O=C(NCCc1c[nH]c2ccccc12)c1cccc(S(=O)(=O)C2CCS(=O)(=O)C2)c1. The van der Waals surface area contributed by atoms with E-state index in [1.165, 1.54) is 18.2 Å². The first kappa shape index (κ1) is 20.6. The molecule has 1 unspecified atom stereocenters. The molecule has 2 N–H and O–H groups in total. The van der Waals surface area contributed by atoms with Gasteiger partial charge in [0, 0.05) is 29.2 Å². The van der Waals surface area contributed by atoms with Crippen LogP contribution >= 0.6 is 0 Å². The van der Waals surface area contributed by atoms with E-state index in [2.05, 4.69) is 10.3 Å². The Bertz CT molecular complexity index is 1310. The predicted molar refractivity (Wildman–Crippen MR) is 115 cm³/mol. The summed E-state index contributed by atoms with van der Waals surface area (Å²) in [5.74, 6) is -0.854. The van der Waals surface area contributed by atoms with Crippen molar-refractivity contribution in [2.45, 2.75) is 23.0 Å². The zero-order valence-electron chi connectivity index (χ0n) is 16.2. The quantitative estimate of drug-likeness (QED) is 0.602. The van der Waals surface area contributed by atoms with Gasteiger partial charge in [0.15, 0.2) is 19.7 Å². The minimum atomic E-state index is -3.81. The minimum absolute atomic E-state index is 0.0196. The molecule has 0 saturated carbocycles. The van der Waals surface area contributed by atoms with Gasteiger partial charge in [0.25, 0.3) is 5.91 Å². The van der Waals surface area contributed by atoms with Crippen molar-refractivity contribution in [2.75, 3.05) is 18.1 Å². The van der Waals surface area contributed by atoms with Crippen LogP contribution in [0.5, 0.6) is 0 Å². The van der Waals surface area contributed by atoms with Crippen molar-refractivity contribution >= 4 is 36.5 Å². The second-order valence-electron chi connectivity index (χ2n) is 7.46. The van der Waals surface area contributed by atoms with Gasteiger partial charge in [0.1, 0.15) is 0 Å². The molecule has 0 radical (unpaired) electrons. The van der Waals surface area contributed by atoms with Gasteiger partial charge in [-0.3, -0.25) is 4.79 Å². The van der Waals surface area contributed by atoms with Crippen LogP contribution in [0.2, 0.25) is 0 Å². The number of rotatable bonds is 6. The van der Waals surface area contributed by atoms with E-state index in [1.807, 2.05) is 30.5 Å². The number of benzene rings is 2. The molecule has 1 amide bonds. The van der Waals surface area contributed by atoms with Crippen LogP contribution in [0.25, 0.3) is 10.9 Å². The summed E-state index contributed by atoms with van der Waals surface area (Å²) < 4.78 is 48.9. The molecule has 0 aliphatic carbocycles.